The number of carbonyl (C=O) groups excluding carboxylic acids is 4. The first-order chi connectivity index (χ1) is 16.9. The third kappa shape index (κ3) is 13.3. The summed E-state index contributed by atoms with van der Waals surface area (Å²) in [6, 6.07) is 8.27. The molecule has 0 aliphatic heterocycles. The molecule has 0 bridgehead atoms. The third-order valence-corrected chi connectivity index (χ3v) is 4.92. The molecule has 0 aromatic heterocycles. The fourth-order valence-corrected chi connectivity index (χ4v) is 3.20. The lowest BCUT2D eigenvalue weighted by atomic mass is 9.91. The Hall–Kier alpha value is -3.63. The van der Waals surface area contributed by atoms with E-state index in [1.54, 1.807) is 0 Å². The number of carbonyl (C=O) groups is 5. The zero-order valence-electron chi connectivity index (χ0n) is 21.4. The first-order valence-corrected chi connectivity index (χ1v) is 11.7. The Morgan fingerprint density at radius 2 is 1.69 bits per heavy atom. The summed E-state index contributed by atoms with van der Waals surface area (Å²) in [6.45, 7) is 4.82. The average Bonchev–Trinajstić information content (AvgIpc) is 2.80. The van der Waals surface area contributed by atoms with Crippen LogP contribution in [-0.4, -0.2) is 72.6 Å². The Balaban J connectivity index is 2.50. The summed E-state index contributed by atoms with van der Waals surface area (Å²) in [5, 5.41) is 14.2. The number of carboxylic acid groups (broad SMARTS) is 1. The molecule has 11 nitrogen and oxygen atoms in total. The topological polar surface area (TPSA) is 151 Å². The first-order valence-electron chi connectivity index (χ1n) is 11.7. The van der Waals surface area contributed by atoms with Crippen molar-refractivity contribution in [1.82, 2.24) is 15.5 Å². The smallest absolute Gasteiger partial charge is 0.407 e. The monoisotopic (exact) mass is 507 g/mol. The van der Waals surface area contributed by atoms with Crippen LogP contribution < -0.4 is 10.6 Å². The number of benzene rings is 1. The molecule has 36 heavy (non-hydrogen) atoms. The lowest BCUT2D eigenvalue weighted by Crippen LogP contribution is -2.48. The summed E-state index contributed by atoms with van der Waals surface area (Å²) >= 11 is 0. The Labute approximate surface area is 211 Å². The summed E-state index contributed by atoms with van der Waals surface area (Å²) in [5.74, 6) is -3.05. The molecular formula is C25H37N3O8. The summed E-state index contributed by atoms with van der Waals surface area (Å²) < 4.78 is 9.87. The molecular weight excluding hydrogens is 470 g/mol. The number of ether oxygens (including phenoxy) is 2. The van der Waals surface area contributed by atoms with Crippen LogP contribution in [0.15, 0.2) is 30.3 Å². The van der Waals surface area contributed by atoms with E-state index >= 15 is 0 Å². The first kappa shape index (κ1) is 30.4. The molecule has 0 aliphatic rings. The van der Waals surface area contributed by atoms with Gasteiger partial charge in [0.05, 0.1) is 7.11 Å². The molecule has 1 aromatic carbocycles. The minimum Gasteiger partial charge on any atom is -0.480 e. The van der Waals surface area contributed by atoms with Crippen molar-refractivity contribution in [2.45, 2.75) is 59.1 Å². The van der Waals surface area contributed by atoms with Gasteiger partial charge in [-0.25, -0.2) is 9.59 Å². The average molecular weight is 508 g/mol. The normalized spacial score (nSPS) is 11.7. The summed E-state index contributed by atoms with van der Waals surface area (Å²) in [5.41, 5.74) is 0.479. The summed E-state index contributed by atoms with van der Waals surface area (Å²) in [4.78, 5) is 61.0. The zero-order chi connectivity index (χ0) is 27.1. The largest absolute Gasteiger partial charge is 0.480 e. The SMILES string of the molecule is COC(=O)[C@H](CCCCNC(=O)OCc1ccccc1)NC(=O)CN(CC(=O)O)C(=O)CC(C)(C)C. The molecule has 0 saturated carbocycles. The molecule has 0 aliphatic carbocycles. The molecule has 0 spiro atoms. The number of rotatable bonds is 14. The van der Waals surface area contributed by atoms with Gasteiger partial charge < -0.3 is 30.1 Å². The van der Waals surface area contributed by atoms with Gasteiger partial charge in [0.15, 0.2) is 0 Å². The van der Waals surface area contributed by atoms with E-state index in [4.69, 9.17) is 14.6 Å². The number of hydrogen-bond donors (Lipinski definition) is 3. The molecule has 0 saturated heterocycles. The molecule has 200 valence electrons. The fraction of sp³-hybridized carbons (Fsp3) is 0.560. The maximum absolute atomic E-state index is 12.5. The van der Waals surface area contributed by atoms with Crippen molar-refractivity contribution < 1.29 is 38.6 Å². The molecule has 0 unspecified atom stereocenters. The van der Waals surface area contributed by atoms with Gasteiger partial charge in [0.25, 0.3) is 0 Å². The molecule has 3 amide bonds. The molecule has 0 fully saturated rings. The van der Waals surface area contributed by atoms with Gasteiger partial charge in [0.1, 0.15) is 25.7 Å². The van der Waals surface area contributed by atoms with E-state index in [2.05, 4.69) is 10.6 Å². The van der Waals surface area contributed by atoms with E-state index in [0.29, 0.717) is 19.4 Å². The van der Waals surface area contributed by atoms with Crippen LogP contribution in [0.1, 0.15) is 52.0 Å². The molecule has 0 radical (unpaired) electrons. The van der Waals surface area contributed by atoms with Crippen molar-refractivity contribution in [3.63, 3.8) is 0 Å². The molecule has 3 N–H and O–H groups in total. The van der Waals surface area contributed by atoms with Gasteiger partial charge in [0, 0.05) is 13.0 Å². The fourth-order valence-electron chi connectivity index (χ4n) is 3.20. The van der Waals surface area contributed by atoms with Crippen LogP contribution >= 0.6 is 0 Å². The number of aliphatic carboxylic acids is 1. The molecule has 11 heteroatoms. The second-order valence-corrected chi connectivity index (χ2v) is 9.51. The number of nitrogens with zero attached hydrogens (tertiary/aromatic N) is 1. The van der Waals surface area contributed by atoms with Crippen LogP contribution in [0, 0.1) is 5.41 Å². The number of hydrogen-bond acceptors (Lipinski definition) is 7. The molecule has 1 aromatic rings. The number of methoxy groups -OCH3 is 1. The van der Waals surface area contributed by atoms with Crippen molar-refractivity contribution in [3.8, 4) is 0 Å². The number of carboxylic acids is 1. The highest BCUT2D eigenvalue weighted by Gasteiger charge is 2.27. The van der Waals surface area contributed by atoms with Crippen molar-refractivity contribution in [1.29, 1.82) is 0 Å². The van der Waals surface area contributed by atoms with Gasteiger partial charge in [0.2, 0.25) is 11.8 Å². The van der Waals surface area contributed by atoms with Gasteiger partial charge in [-0.3, -0.25) is 14.4 Å². The molecule has 1 rings (SSSR count). The van der Waals surface area contributed by atoms with E-state index < -0.39 is 49.0 Å². The Kier molecular flexibility index (Phi) is 13.0. The van der Waals surface area contributed by atoms with E-state index in [1.165, 1.54) is 7.11 Å². The molecule has 1 atom stereocenters. The van der Waals surface area contributed by atoms with Crippen LogP contribution in [0.3, 0.4) is 0 Å². The highest BCUT2D eigenvalue weighted by molar-refractivity contribution is 5.90. The summed E-state index contributed by atoms with van der Waals surface area (Å²) in [7, 11) is 1.19. The van der Waals surface area contributed by atoms with Gasteiger partial charge in [-0.15, -0.1) is 0 Å². The lowest BCUT2D eigenvalue weighted by molar-refractivity contribution is -0.148. The van der Waals surface area contributed by atoms with E-state index in [9.17, 15) is 24.0 Å². The Morgan fingerprint density at radius 3 is 2.28 bits per heavy atom. The predicted octanol–water partition coefficient (Wildman–Crippen LogP) is 2.09. The van der Waals surface area contributed by atoms with E-state index in [1.807, 2.05) is 51.1 Å². The van der Waals surface area contributed by atoms with Crippen LogP contribution in [0.4, 0.5) is 4.79 Å². The third-order valence-electron chi connectivity index (χ3n) is 4.92. The van der Waals surface area contributed by atoms with Gasteiger partial charge in [-0.05, 0) is 30.2 Å². The van der Waals surface area contributed by atoms with E-state index in [-0.39, 0.29) is 24.9 Å². The van der Waals surface area contributed by atoms with Gasteiger partial charge in [-0.1, -0.05) is 51.1 Å². The van der Waals surface area contributed by atoms with E-state index in [0.717, 1.165) is 10.5 Å². The predicted molar refractivity (Wildman–Crippen MR) is 131 cm³/mol. The second kappa shape index (κ2) is 15.4. The second-order valence-electron chi connectivity index (χ2n) is 9.51. The standard InChI is InChI=1S/C25H37N3O8/c1-25(2,3)14-21(30)28(16-22(31)32)15-20(29)27-19(23(33)35-4)12-8-9-13-26-24(34)36-17-18-10-6-5-7-11-18/h5-7,10-11,19H,8-9,12-17H2,1-4H3,(H,26,34)(H,27,29)(H,31,32)/t19-/m0/s1. The van der Waals surface area contributed by atoms with Crippen LogP contribution in [-0.2, 0) is 35.3 Å². The number of nitrogens with one attached hydrogen (secondary N) is 2. The van der Waals surface area contributed by atoms with Crippen molar-refractivity contribution in [2.24, 2.45) is 5.41 Å². The highest BCUT2D eigenvalue weighted by Crippen LogP contribution is 2.19. The number of esters is 1. The number of unbranched alkanes of at least 4 members (excludes halogenated alkanes) is 1. The van der Waals surface area contributed by atoms with Gasteiger partial charge >= 0.3 is 18.0 Å². The van der Waals surface area contributed by atoms with Crippen molar-refractivity contribution in [2.75, 3.05) is 26.7 Å². The Morgan fingerprint density at radius 1 is 1.03 bits per heavy atom. The van der Waals surface area contributed by atoms with Crippen LogP contribution in [0.2, 0.25) is 0 Å². The maximum Gasteiger partial charge on any atom is 0.407 e. The van der Waals surface area contributed by atoms with Gasteiger partial charge in [-0.2, -0.15) is 0 Å². The van der Waals surface area contributed by atoms with Crippen molar-refractivity contribution in [3.05, 3.63) is 35.9 Å². The lowest BCUT2D eigenvalue weighted by Gasteiger charge is -2.26. The minimum absolute atomic E-state index is 0.0643. The van der Waals surface area contributed by atoms with Crippen LogP contribution in [0.25, 0.3) is 0 Å². The number of alkyl carbamates (subject to hydrolysis) is 1. The number of amides is 3. The quantitative estimate of drug-likeness (QED) is 0.256. The zero-order valence-corrected chi connectivity index (χ0v) is 21.4. The van der Waals surface area contributed by atoms with Crippen molar-refractivity contribution >= 4 is 29.8 Å². The minimum atomic E-state index is -1.25. The van der Waals surface area contributed by atoms with Crippen LogP contribution in [0.5, 0.6) is 0 Å². The maximum atomic E-state index is 12.5. The highest BCUT2D eigenvalue weighted by atomic mass is 16.5. The molecule has 0 heterocycles. The summed E-state index contributed by atoms with van der Waals surface area (Å²) in [6.07, 6.45) is 0.720. The Bertz CT molecular complexity index is 883.